The molecular formula is C12H12N4S. The summed E-state index contributed by atoms with van der Waals surface area (Å²) in [6.07, 6.45) is 0. The van der Waals surface area contributed by atoms with Gasteiger partial charge in [0, 0.05) is 17.6 Å². The maximum atomic E-state index is 8.76. The minimum atomic E-state index is 0.577. The van der Waals surface area contributed by atoms with E-state index in [2.05, 4.69) is 11.2 Å². The van der Waals surface area contributed by atoms with Crippen LogP contribution in [0.2, 0.25) is 0 Å². The molecule has 17 heavy (non-hydrogen) atoms. The Kier molecular flexibility index (Phi) is 3.07. The second-order valence-corrected chi connectivity index (χ2v) is 4.78. The molecule has 0 saturated carbocycles. The van der Waals surface area contributed by atoms with Crippen LogP contribution >= 0.6 is 11.8 Å². The maximum absolute atomic E-state index is 8.76. The van der Waals surface area contributed by atoms with E-state index < -0.39 is 0 Å². The van der Waals surface area contributed by atoms with Crippen LogP contribution in [0.4, 0.5) is 5.69 Å². The molecule has 1 heterocycles. The molecule has 86 valence electrons. The summed E-state index contributed by atoms with van der Waals surface area (Å²) in [5, 5.41) is 14.1. The first-order chi connectivity index (χ1) is 8.10. The van der Waals surface area contributed by atoms with Crippen LogP contribution in [-0.2, 0) is 7.05 Å². The zero-order valence-electron chi connectivity index (χ0n) is 9.64. The Labute approximate surface area is 104 Å². The maximum Gasteiger partial charge on any atom is 0.0992 e. The van der Waals surface area contributed by atoms with Crippen molar-refractivity contribution in [2.45, 2.75) is 16.8 Å². The fourth-order valence-corrected chi connectivity index (χ4v) is 2.45. The van der Waals surface area contributed by atoms with Crippen molar-refractivity contribution in [2.75, 3.05) is 5.73 Å². The van der Waals surface area contributed by atoms with Crippen molar-refractivity contribution in [1.29, 1.82) is 5.26 Å². The zero-order valence-corrected chi connectivity index (χ0v) is 10.5. The monoisotopic (exact) mass is 244 g/mol. The first-order valence-corrected chi connectivity index (χ1v) is 5.90. The van der Waals surface area contributed by atoms with Gasteiger partial charge >= 0.3 is 0 Å². The number of rotatable bonds is 2. The number of nitrogens with two attached hydrogens (primary N) is 1. The van der Waals surface area contributed by atoms with Gasteiger partial charge in [-0.1, -0.05) is 11.8 Å². The van der Waals surface area contributed by atoms with E-state index in [0.29, 0.717) is 11.3 Å². The van der Waals surface area contributed by atoms with Crippen molar-refractivity contribution in [2.24, 2.45) is 7.05 Å². The van der Waals surface area contributed by atoms with Crippen molar-refractivity contribution in [3.8, 4) is 6.07 Å². The number of anilines is 1. The zero-order chi connectivity index (χ0) is 12.4. The largest absolute Gasteiger partial charge is 0.398 e. The fourth-order valence-electron chi connectivity index (χ4n) is 1.51. The van der Waals surface area contributed by atoms with Crippen molar-refractivity contribution in [1.82, 2.24) is 9.78 Å². The van der Waals surface area contributed by atoms with E-state index in [9.17, 15) is 0 Å². The molecule has 0 saturated heterocycles. The molecule has 0 aliphatic carbocycles. The predicted molar refractivity (Wildman–Crippen MR) is 67.6 cm³/mol. The SMILES string of the molecule is Cc1cc(Sc2ccc(C#N)cc2N)n(C)n1. The molecule has 0 unspecified atom stereocenters. The summed E-state index contributed by atoms with van der Waals surface area (Å²) in [6.45, 7) is 1.95. The number of nitrogen functional groups attached to an aromatic ring is 1. The number of hydrogen-bond acceptors (Lipinski definition) is 4. The van der Waals surface area contributed by atoms with Gasteiger partial charge in [0.15, 0.2) is 0 Å². The van der Waals surface area contributed by atoms with Gasteiger partial charge < -0.3 is 5.73 Å². The summed E-state index contributed by atoms with van der Waals surface area (Å²) >= 11 is 1.55. The van der Waals surface area contributed by atoms with Crippen LogP contribution in [0.25, 0.3) is 0 Å². The lowest BCUT2D eigenvalue weighted by molar-refractivity contribution is 0.692. The fraction of sp³-hybridized carbons (Fsp3) is 0.167. The highest BCUT2D eigenvalue weighted by atomic mass is 32.2. The molecule has 0 fully saturated rings. The van der Waals surface area contributed by atoms with Crippen molar-refractivity contribution in [3.05, 3.63) is 35.5 Å². The quantitative estimate of drug-likeness (QED) is 0.823. The number of hydrogen-bond donors (Lipinski definition) is 1. The molecule has 2 rings (SSSR count). The summed E-state index contributed by atoms with van der Waals surface area (Å²) in [7, 11) is 1.90. The van der Waals surface area contributed by atoms with Gasteiger partial charge in [0.25, 0.3) is 0 Å². The lowest BCUT2D eigenvalue weighted by Gasteiger charge is -2.05. The molecule has 0 aliphatic heterocycles. The van der Waals surface area contributed by atoms with Crippen LogP contribution in [0.5, 0.6) is 0 Å². The van der Waals surface area contributed by atoms with E-state index in [1.807, 2.05) is 30.8 Å². The lowest BCUT2D eigenvalue weighted by atomic mass is 10.2. The minimum Gasteiger partial charge on any atom is -0.398 e. The highest BCUT2D eigenvalue weighted by Gasteiger charge is 2.07. The Bertz CT molecular complexity index is 595. The van der Waals surface area contributed by atoms with E-state index >= 15 is 0 Å². The van der Waals surface area contributed by atoms with E-state index in [1.54, 1.807) is 23.9 Å². The lowest BCUT2D eigenvalue weighted by Crippen LogP contribution is -1.94. The molecule has 2 N–H and O–H groups in total. The molecule has 0 atom stereocenters. The molecule has 0 spiro atoms. The molecule has 0 amide bonds. The van der Waals surface area contributed by atoms with Gasteiger partial charge in [-0.05, 0) is 31.2 Å². The Morgan fingerprint density at radius 1 is 1.41 bits per heavy atom. The van der Waals surface area contributed by atoms with E-state index in [1.165, 1.54) is 0 Å². The normalized spacial score (nSPS) is 10.2. The van der Waals surface area contributed by atoms with Crippen LogP contribution < -0.4 is 5.73 Å². The van der Waals surface area contributed by atoms with Crippen LogP contribution in [-0.4, -0.2) is 9.78 Å². The van der Waals surface area contributed by atoms with Gasteiger partial charge in [0.2, 0.25) is 0 Å². The molecule has 4 nitrogen and oxygen atoms in total. The van der Waals surface area contributed by atoms with Crippen molar-refractivity contribution >= 4 is 17.4 Å². The number of aryl methyl sites for hydroxylation is 2. The number of nitrogens with zero attached hydrogens (tertiary/aromatic N) is 3. The molecule has 2 aromatic rings. The smallest absolute Gasteiger partial charge is 0.0992 e. The van der Waals surface area contributed by atoms with Crippen molar-refractivity contribution < 1.29 is 0 Å². The van der Waals surface area contributed by atoms with Crippen LogP contribution in [0.3, 0.4) is 0 Å². The predicted octanol–water partition coefficient (Wildman–Crippen LogP) is 2.33. The third-order valence-electron chi connectivity index (χ3n) is 2.31. The van der Waals surface area contributed by atoms with Gasteiger partial charge in [-0.3, -0.25) is 4.68 Å². The number of nitriles is 1. The van der Waals surface area contributed by atoms with Crippen LogP contribution in [0, 0.1) is 18.3 Å². The summed E-state index contributed by atoms with van der Waals surface area (Å²) in [6, 6.07) is 9.38. The van der Waals surface area contributed by atoms with Crippen molar-refractivity contribution in [3.63, 3.8) is 0 Å². The Hall–Kier alpha value is -1.93. The Balaban J connectivity index is 2.31. The topological polar surface area (TPSA) is 67.6 Å². The highest BCUT2D eigenvalue weighted by molar-refractivity contribution is 7.99. The van der Waals surface area contributed by atoms with Gasteiger partial charge in [-0.25, -0.2) is 0 Å². The standard InChI is InChI=1S/C12H12N4S/c1-8-5-12(16(2)15-8)17-11-4-3-9(7-13)6-10(11)14/h3-6H,14H2,1-2H3. The van der Waals surface area contributed by atoms with E-state index in [0.717, 1.165) is 15.6 Å². The van der Waals surface area contributed by atoms with E-state index in [4.69, 9.17) is 11.0 Å². The number of benzene rings is 1. The molecule has 1 aromatic carbocycles. The summed E-state index contributed by atoms with van der Waals surface area (Å²) in [5.41, 5.74) is 8.07. The van der Waals surface area contributed by atoms with Crippen LogP contribution in [0.15, 0.2) is 34.2 Å². The van der Waals surface area contributed by atoms with Gasteiger partial charge in [0.1, 0.15) is 0 Å². The second-order valence-electron chi connectivity index (χ2n) is 3.71. The third kappa shape index (κ3) is 2.43. The second kappa shape index (κ2) is 4.52. The summed E-state index contributed by atoms with van der Waals surface area (Å²) < 4.78 is 1.82. The van der Waals surface area contributed by atoms with E-state index in [-0.39, 0.29) is 0 Å². The molecule has 0 radical (unpaired) electrons. The average Bonchev–Trinajstić information content (AvgIpc) is 2.60. The molecule has 5 heteroatoms. The molecular weight excluding hydrogens is 232 g/mol. The first-order valence-electron chi connectivity index (χ1n) is 5.08. The van der Waals surface area contributed by atoms with Gasteiger partial charge in [-0.2, -0.15) is 10.4 Å². The van der Waals surface area contributed by atoms with Gasteiger partial charge in [-0.15, -0.1) is 0 Å². The minimum absolute atomic E-state index is 0.577. The third-order valence-corrected chi connectivity index (χ3v) is 3.50. The Morgan fingerprint density at radius 2 is 2.18 bits per heavy atom. The highest BCUT2D eigenvalue weighted by Crippen LogP contribution is 2.32. The molecule has 1 aromatic heterocycles. The summed E-state index contributed by atoms with van der Waals surface area (Å²) in [4.78, 5) is 0.937. The van der Waals surface area contributed by atoms with Crippen LogP contribution in [0.1, 0.15) is 11.3 Å². The summed E-state index contributed by atoms with van der Waals surface area (Å²) in [5.74, 6) is 0. The number of aromatic nitrogens is 2. The molecule has 0 bridgehead atoms. The molecule has 0 aliphatic rings. The Morgan fingerprint density at radius 3 is 2.71 bits per heavy atom. The average molecular weight is 244 g/mol. The first kappa shape index (κ1) is 11.6. The van der Waals surface area contributed by atoms with Gasteiger partial charge in [0.05, 0.1) is 22.4 Å².